The molecule has 1 unspecified atom stereocenters. The number of ether oxygens (including phenoxy) is 2. The fraction of sp³-hybridized carbons (Fsp3) is 0.562. The monoisotopic (exact) mass is 290 g/mol. The Kier molecular flexibility index (Phi) is 4.72. The number of rotatable bonds is 5. The molecule has 1 saturated heterocycles. The first-order valence-electron chi connectivity index (χ1n) is 7.62. The SMILES string of the molecule is O=C(CCNCC1COc2ccccc21)N1CCOCC1. The molecule has 3 rings (SSSR count). The van der Waals surface area contributed by atoms with E-state index < -0.39 is 0 Å². The number of hydrogen-bond donors (Lipinski definition) is 1. The van der Waals surface area contributed by atoms with E-state index in [2.05, 4.69) is 11.4 Å². The summed E-state index contributed by atoms with van der Waals surface area (Å²) in [6.07, 6.45) is 0.551. The van der Waals surface area contributed by atoms with Crippen LogP contribution in [0.4, 0.5) is 0 Å². The molecule has 0 radical (unpaired) electrons. The number of fused-ring (bicyclic) bond motifs is 1. The Morgan fingerprint density at radius 1 is 1.29 bits per heavy atom. The second kappa shape index (κ2) is 6.91. The Hall–Kier alpha value is -1.59. The molecule has 1 aromatic carbocycles. The lowest BCUT2D eigenvalue weighted by atomic mass is 10.0. The van der Waals surface area contributed by atoms with Gasteiger partial charge in [-0.25, -0.2) is 0 Å². The fourth-order valence-corrected chi connectivity index (χ4v) is 2.84. The second-order valence-corrected chi connectivity index (χ2v) is 5.49. The fourth-order valence-electron chi connectivity index (χ4n) is 2.84. The van der Waals surface area contributed by atoms with Crippen LogP contribution in [0, 0.1) is 0 Å². The molecule has 2 aliphatic heterocycles. The molecule has 1 amide bonds. The van der Waals surface area contributed by atoms with E-state index >= 15 is 0 Å². The highest BCUT2D eigenvalue weighted by Crippen LogP contribution is 2.32. The van der Waals surface area contributed by atoms with Crippen molar-refractivity contribution >= 4 is 5.91 Å². The van der Waals surface area contributed by atoms with Gasteiger partial charge in [-0.3, -0.25) is 4.79 Å². The highest BCUT2D eigenvalue weighted by Gasteiger charge is 2.23. The summed E-state index contributed by atoms with van der Waals surface area (Å²) >= 11 is 0. The largest absolute Gasteiger partial charge is 0.493 e. The van der Waals surface area contributed by atoms with Crippen molar-refractivity contribution in [3.05, 3.63) is 29.8 Å². The van der Waals surface area contributed by atoms with Crippen molar-refractivity contribution in [2.75, 3.05) is 46.0 Å². The van der Waals surface area contributed by atoms with Crippen LogP contribution in [0.2, 0.25) is 0 Å². The van der Waals surface area contributed by atoms with Crippen molar-refractivity contribution in [2.45, 2.75) is 12.3 Å². The molecule has 2 aliphatic rings. The molecule has 0 spiro atoms. The molecule has 1 fully saturated rings. The van der Waals surface area contributed by atoms with E-state index in [1.165, 1.54) is 5.56 Å². The summed E-state index contributed by atoms with van der Waals surface area (Å²) < 4.78 is 10.9. The lowest BCUT2D eigenvalue weighted by Gasteiger charge is -2.27. The summed E-state index contributed by atoms with van der Waals surface area (Å²) in [5.41, 5.74) is 1.27. The van der Waals surface area contributed by atoms with Crippen LogP contribution in [-0.4, -0.2) is 56.8 Å². The van der Waals surface area contributed by atoms with Gasteiger partial charge in [0.2, 0.25) is 5.91 Å². The summed E-state index contributed by atoms with van der Waals surface area (Å²) in [5.74, 6) is 1.60. The van der Waals surface area contributed by atoms with Gasteiger partial charge in [-0.05, 0) is 6.07 Å². The van der Waals surface area contributed by atoms with Crippen LogP contribution in [0.3, 0.4) is 0 Å². The normalized spacial score (nSPS) is 21.0. The molecule has 114 valence electrons. The number of carbonyl (C=O) groups excluding carboxylic acids is 1. The first-order valence-corrected chi connectivity index (χ1v) is 7.62. The van der Waals surface area contributed by atoms with Crippen LogP contribution in [0.15, 0.2) is 24.3 Å². The number of benzene rings is 1. The van der Waals surface area contributed by atoms with Crippen LogP contribution >= 0.6 is 0 Å². The molecule has 21 heavy (non-hydrogen) atoms. The minimum Gasteiger partial charge on any atom is -0.493 e. The van der Waals surface area contributed by atoms with Gasteiger partial charge in [-0.1, -0.05) is 18.2 Å². The van der Waals surface area contributed by atoms with Gasteiger partial charge < -0.3 is 19.7 Å². The number of hydrogen-bond acceptors (Lipinski definition) is 4. The first kappa shape index (κ1) is 14.4. The van der Waals surface area contributed by atoms with E-state index in [9.17, 15) is 4.79 Å². The molecular formula is C16H22N2O3. The summed E-state index contributed by atoms with van der Waals surface area (Å²) in [7, 11) is 0. The molecule has 5 heteroatoms. The van der Waals surface area contributed by atoms with E-state index in [1.807, 2.05) is 23.1 Å². The van der Waals surface area contributed by atoms with Crippen molar-refractivity contribution in [1.29, 1.82) is 0 Å². The molecule has 1 N–H and O–H groups in total. The van der Waals surface area contributed by atoms with Gasteiger partial charge in [0, 0.05) is 44.1 Å². The number of morpholine rings is 1. The van der Waals surface area contributed by atoms with Gasteiger partial charge in [-0.15, -0.1) is 0 Å². The average Bonchev–Trinajstić information content (AvgIpc) is 2.95. The van der Waals surface area contributed by atoms with Gasteiger partial charge >= 0.3 is 0 Å². The lowest BCUT2D eigenvalue weighted by molar-refractivity contribution is -0.135. The van der Waals surface area contributed by atoms with Gasteiger partial charge in [0.25, 0.3) is 0 Å². The Labute approximate surface area is 125 Å². The van der Waals surface area contributed by atoms with E-state index in [4.69, 9.17) is 9.47 Å². The number of amides is 1. The number of nitrogens with one attached hydrogen (secondary N) is 1. The molecule has 1 aromatic rings. The third-order valence-electron chi connectivity index (χ3n) is 4.07. The number of nitrogens with zero attached hydrogens (tertiary/aromatic N) is 1. The van der Waals surface area contributed by atoms with E-state index in [-0.39, 0.29) is 5.91 Å². The Bertz CT molecular complexity index is 486. The third kappa shape index (κ3) is 3.54. The van der Waals surface area contributed by atoms with Gasteiger partial charge in [0.05, 0.1) is 19.8 Å². The molecule has 0 aromatic heterocycles. The summed E-state index contributed by atoms with van der Waals surface area (Å²) in [5, 5.41) is 3.38. The van der Waals surface area contributed by atoms with Gasteiger partial charge in [-0.2, -0.15) is 0 Å². The average molecular weight is 290 g/mol. The third-order valence-corrected chi connectivity index (χ3v) is 4.07. The van der Waals surface area contributed by atoms with Crippen LogP contribution in [0.5, 0.6) is 5.75 Å². The van der Waals surface area contributed by atoms with Crippen LogP contribution in [-0.2, 0) is 9.53 Å². The maximum Gasteiger partial charge on any atom is 0.224 e. The second-order valence-electron chi connectivity index (χ2n) is 5.49. The maximum absolute atomic E-state index is 12.0. The molecule has 5 nitrogen and oxygen atoms in total. The maximum atomic E-state index is 12.0. The van der Waals surface area contributed by atoms with Crippen LogP contribution in [0.25, 0.3) is 0 Å². The minimum atomic E-state index is 0.217. The number of carbonyl (C=O) groups is 1. The van der Waals surface area contributed by atoms with Crippen molar-refractivity contribution in [1.82, 2.24) is 10.2 Å². The summed E-state index contributed by atoms with van der Waals surface area (Å²) in [6.45, 7) is 5.07. The zero-order valence-corrected chi connectivity index (χ0v) is 12.2. The van der Waals surface area contributed by atoms with E-state index in [1.54, 1.807) is 0 Å². The van der Waals surface area contributed by atoms with Crippen LogP contribution in [0.1, 0.15) is 17.9 Å². The predicted octanol–water partition coefficient (Wildman–Crippen LogP) is 1.00. The quantitative estimate of drug-likeness (QED) is 0.822. The summed E-state index contributed by atoms with van der Waals surface area (Å²) in [4.78, 5) is 13.9. The summed E-state index contributed by atoms with van der Waals surface area (Å²) in [6, 6.07) is 8.17. The molecule has 0 saturated carbocycles. The number of para-hydroxylation sites is 1. The zero-order valence-electron chi connectivity index (χ0n) is 12.2. The van der Waals surface area contributed by atoms with Gasteiger partial charge in [0.15, 0.2) is 0 Å². The zero-order chi connectivity index (χ0) is 14.5. The van der Waals surface area contributed by atoms with Crippen molar-refractivity contribution in [2.24, 2.45) is 0 Å². The topological polar surface area (TPSA) is 50.8 Å². The van der Waals surface area contributed by atoms with Crippen molar-refractivity contribution < 1.29 is 14.3 Å². The Morgan fingerprint density at radius 2 is 2.10 bits per heavy atom. The van der Waals surface area contributed by atoms with Crippen molar-refractivity contribution in [3.8, 4) is 5.75 Å². The minimum absolute atomic E-state index is 0.217. The first-order chi connectivity index (χ1) is 10.3. The molecule has 2 heterocycles. The Morgan fingerprint density at radius 3 is 2.95 bits per heavy atom. The molecule has 1 atom stereocenters. The molecular weight excluding hydrogens is 268 g/mol. The van der Waals surface area contributed by atoms with Crippen LogP contribution < -0.4 is 10.1 Å². The van der Waals surface area contributed by atoms with Gasteiger partial charge in [0.1, 0.15) is 5.75 Å². The molecule has 0 aliphatic carbocycles. The molecule has 0 bridgehead atoms. The van der Waals surface area contributed by atoms with E-state index in [0.717, 1.165) is 38.5 Å². The van der Waals surface area contributed by atoms with E-state index in [0.29, 0.717) is 25.6 Å². The standard InChI is InChI=1S/C16H22N2O3/c19-16(18-7-9-20-10-8-18)5-6-17-11-13-12-21-15-4-2-1-3-14(13)15/h1-4,13,17H,5-12H2. The highest BCUT2D eigenvalue weighted by molar-refractivity contribution is 5.76. The highest BCUT2D eigenvalue weighted by atomic mass is 16.5. The Balaban J connectivity index is 1.38. The van der Waals surface area contributed by atoms with Crippen molar-refractivity contribution in [3.63, 3.8) is 0 Å². The predicted molar refractivity (Wildman–Crippen MR) is 79.6 cm³/mol. The lowest BCUT2D eigenvalue weighted by Crippen LogP contribution is -2.41. The smallest absolute Gasteiger partial charge is 0.224 e.